The minimum Gasteiger partial charge on any atom is -0.339 e. The minimum absolute atomic E-state index is 0. The lowest BCUT2D eigenvalue weighted by molar-refractivity contribution is 0.322. The maximum Gasteiger partial charge on any atom is 0.231 e. The maximum absolute atomic E-state index is 12.8. The Morgan fingerprint density at radius 1 is 1.26 bits per heavy atom. The van der Waals surface area contributed by atoms with E-state index in [9.17, 15) is 4.39 Å². The van der Waals surface area contributed by atoms with E-state index in [1.807, 2.05) is 0 Å². The van der Waals surface area contributed by atoms with Crippen LogP contribution in [-0.2, 0) is 0 Å². The van der Waals surface area contributed by atoms with Gasteiger partial charge in [-0.05, 0) is 43.7 Å². The normalized spacial score (nSPS) is 18.9. The molecule has 0 saturated carbocycles. The zero-order chi connectivity index (χ0) is 12.4. The molecule has 102 valence electrons. The van der Waals surface area contributed by atoms with Crippen molar-refractivity contribution in [2.75, 3.05) is 13.1 Å². The third-order valence-electron chi connectivity index (χ3n) is 3.19. The van der Waals surface area contributed by atoms with Crippen molar-refractivity contribution in [1.82, 2.24) is 15.5 Å². The summed E-state index contributed by atoms with van der Waals surface area (Å²) in [4.78, 5) is 4.39. The fourth-order valence-corrected chi connectivity index (χ4v) is 2.18. The summed E-state index contributed by atoms with van der Waals surface area (Å²) in [5, 5.41) is 7.27. The standard InChI is InChI=1S/C13H14FN3O.ClH/c14-11-5-3-9(4-6-11)12-16-13(18-17-12)10-2-1-7-15-8-10;/h3-6,10,15H,1-2,7-8H2;1H. The van der Waals surface area contributed by atoms with Crippen LogP contribution in [0.2, 0.25) is 0 Å². The molecule has 1 aliphatic rings. The summed E-state index contributed by atoms with van der Waals surface area (Å²) in [7, 11) is 0. The first-order valence-electron chi connectivity index (χ1n) is 6.13. The Morgan fingerprint density at radius 2 is 2.05 bits per heavy atom. The van der Waals surface area contributed by atoms with Crippen LogP contribution in [-0.4, -0.2) is 23.2 Å². The largest absolute Gasteiger partial charge is 0.339 e. The van der Waals surface area contributed by atoms with Crippen LogP contribution in [0.5, 0.6) is 0 Å². The van der Waals surface area contributed by atoms with Gasteiger partial charge >= 0.3 is 0 Å². The van der Waals surface area contributed by atoms with Gasteiger partial charge in [-0.3, -0.25) is 0 Å². The van der Waals surface area contributed by atoms with E-state index >= 15 is 0 Å². The SMILES string of the molecule is Cl.Fc1ccc(-c2noc(C3CCCNC3)n2)cc1. The summed E-state index contributed by atoms with van der Waals surface area (Å²) >= 11 is 0. The lowest BCUT2D eigenvalue weighted by Gasteiger charge is -2.18. The third kappa shape index (κ3) is 3.11. The highest BCUT2D eigenvalue weighted by Gasteiger charge is 2.21. The number of hydrogen-bond donors (Lipinski definition) is 1. The van der Waals surface area contributed by atoms with Crippen molar-refractivity contribution >= 4 is 12.4 Å². The van der Waals surface area contributed by atoms with Crippen molar-refractivity contribution in [1.29, 1.82) is 0 Å². The molecule has 1 saturated heterocycles. The third-order valence-corrected chi connectivity index (χ3v) is 3.19. The molecule has 0 spiro atoms. The Bertz CT molecular complexity index is 523. The van der Waals surface area contributed by atoms with Gasteiger partial charge in [0.1, 0.15) is 5.82 Å². The van der Waals surface area contributed by atoms with Gasteiger partial charge in [-0.25, -0.2) is 4.39 Å². The average molecular weight is 284 g/mol. The maximum atomic E-state index is 12.8. The number of nitrogens with one attached hydrogen (secondary N) is 1. The molecule has 6 heteroatoms. The summed E-state index contributed by atoms with van der Waals surface area (Å²) < 4.78 is 18.1. The van der Waals surface area contributed by atoms with Gasteiger partial charge in [-0.1, -0.05) is 5.16 Å². The summed E-state index contributed by atoms with van der Waals surface area (Å²) in [5.41, 5.74) is 0.773. The van der Waals surface area contributed by atoms with Crippen LogP contribution < -0.4 is 5.32 Å². The van der Waals surface area contributed by atoms with Gasteiger partial charge < -0.3 is 9.84 Å². The topological polar surface area (TPSA) is 51.0 Å². The quantitative estimate of drug-likeness (QED) is 0.921. The van der Waals surface area contributed by atoms with Crippen LogP contribution in [0.15, 0.2) is 28.8 Å². The first kappa shape index (κ1) is 14.0. The van der Waals surface area contributed by atoms with Crippen molar-refractivity contribution in [3.05, 3.63) is 36.0 Å². The van der Waals surface area contributed by atoms with Gasteiger partial charge in [-0.2, -0.15) is 4.98 Å². The molecule has 1 fully saturated rings. The summed E-state index contributed by atoms with van der Waals surface area (Å²) in [5.74, 6) is 1.22. The number of hydrogen-bond acceptors (Lipinski definition) is 4. The molecule has 1 atom stereocenters. The van der Waals surface area contributed by atoms with Gasteiger partial charge in [0.15, 0.2) is 0 Å². The molecule has 0 aliphatic carbocycles. The molecule has 1 aliphatic heterocycles. The Hall–Kier alpha value is -1.46. The number of aromatic nitrogens is 2. The highest BCUT2D eigenvalue weighted by atomic mass is 35.5. The Labute approximate surface area is 116 Å². The molecule has 0 amide bonds. The second-order valence-corrected chi connectivity index (χ2v) is 4.51. The van der Waals surface area contributed by atoms with Crippen molar-refractivity contribution in [2.45, 2.75) is 18.8 Å². The van der Waals surface area contributed by atoms with Crippen molar-refractivity contribution in [3.8, 4) is 11.4 Å². The van der Waals surface area contributed by atoms with Crippen LogP contribution in [0.4, 0.5) is 4.39 Å². The zero-order valence-electron chi connectivity index (χ0n) is 10.3. The second-order valence-electron chi connectivity index (χ2n) is 4.51. The highest BCUT2D eigenvalue weighted by Crippen LogP contribution is 2.24. The van der Waals surface area contributed by atoms with E-state index < -0.39 is 0 Å². The summed E-state index contributed by atoms with van der Waals surface area (Å²) in [6.07, 6.45) is 2.19. The summed E-state index contributed by atoms with van der Waals surface area (Å²) in [6.45, 7) is 1.93. The lowest BCUT2D eigenvalue weighted by atomic mass is 10.00. The smallest absolute Gasteiger partial charge is 0.231 e. The minimum atomic E-state index is -0.265. The van der Waals surface area contributed by atoms with Crippen molar-refractivity contribution in [2.24, 2.45) is 0 Å². The van der Waals surface area contributed by atoms with E-state index in [1.165, 1.54) is 12.1 Å². The monoisotopic (exact) mass is 283 g/mol. The van der Waals surface area contributed by atoms with E-state index in [0.717, 1.165) is 31.5 Å². The molecule has 1 N–H and O–H groups in total. The van der Waals surface area contributed by atoms with E-state index in [1.54, 1.807) is 12.1 Å². The molecule has 19 heavy (non-hydrogen) atoms. The van der Waals surface area contributed by atoms with Gasteiger partial charge in [0, 0.05) is 12.1 Å². The molecule has 1 unspecified atom stereocenters. The number of halogens is 2. The molecule has 1 aromatic heterocycles. The Kier molecular flexibility index (Phi) is 4.50. The molecular formula is C13H15ClFN3O. The van der Waals surface area contributed by atoms with Crippen LogP contribution in [0.25, 0.3) is 11.4 Å². The van der Waals surface area contributed by atoms with Crippen LogP contribution in [0, 0.1) is 5.82 Å². The van der Waals surface area contributed by atoms with Crippen LogP contribution in [0.1, 0.15) is 24.7 Å². The molecule has 3 rings (SSSR count). The fraction of sp³-hybridized carbons (Fsp3) is 0.385. The Morgan fingerprint density at radius 3 is 2.74 bits per heavy atom. The number of rotatable bonds is 2. The van der Waals surface area contributed by atoms with E-state index in [4.69, 9.17) is 4.52 Å². The van der Waals surface area contributed by atoms with Gasteiger partial charge in [0.25, 0.3) is 0 Å². The van der Waals surface area contributed by atoms with Gasteiger partial charge in [-0.15, -0.1) is 12.4 Å². The first-order chi connectivity index (χ1) is 8.83. The molecule has 0 radical (unpaired) electrons. The van der Waals surface area contributed by atoms with Gasteiger partial charge in [0.05, 0.1) is 5.92 Å². The summed E-state index contributed by atoms with van der Waals surface area (Å²) in [6, 6.07) is 6.10. The van der Waals surface area contributed by atoms with Crippen molar-refractivity contribution in [3.63, 3.8) is 0 Å². The van der Waals surface area contributed by atoms with Crippen LogP contribution >= 0.6 is 12.4 Å². The lowest BCUT2D eigenvalue weighted by Crippen LogP contribution is -2.28. The zero-order valence-corrected chi connectivity index (χ0v) is 11.1. The van der Waals surface area contributed by atoms with E-state index in [2.05, 4.69) is 15.5 Å². The molecule has 1 aromatic carbocycles. The number of benzene rings is 1. The van der Waals surface area contributed by atoms with E-state index in [-0.39, 0.29) is 18.2 Å². The van der Waals surface area contributed by atoms with E-state index in [0.29, 0.717) is 17.6 Å². The highest BCUT2D eigenvalue weighted by molar-refractivity contribution is 5.85. The van der Waals surface area contributed by atoms with Crippen LogP contribution in [0.3, 0.4) is 0 Å². The molecule has 0 bridgehead atoms. The predicted octanol–water partition coefficient (Wildman–Crippen LogP) is 2.76. The molecule has 2 heterocycles. The van der Waals surface area contributed by atoms with Crippen molar-refractivity contribution < 1.29 is 8.91 Å². The molecular weight excluding hydrogens is 269 g/mol. The molecule has 2 aromatic rings. The Balaban J connectivity index is 0.00000133. The molecule has 4 nitrogen and oxygen atoms in total. The number of piperidine rings is 1. The predicted molar refractivity (Wildman–Crippen MR) is 71.8 cm³/mol. The fourth-order valence-electron chi connectivity index (χ4n) is 2.18. The van der Waals surface area contributed by atoms with Gasteiger partial charge in [0.2, 0.25) is 11.7 Å². The average Bonchev–Trinajstić information content (AvgIpc) is 2.90. The number of nitrogens with zero attached hydrogens (tertiary/aromatic N) is 2. The first-order valence-corrected chi connectivity index (χ1v) is 6.13. The second kappa shape index (κ2) is 6.12.